The van der Waals surface area contributed by atoms with Gasteiger partial charge in [-0.05, 0) is 57.7 Å². The number of ether oxygens (including phenoxy) is 1. The van der Waals surface area contributed by atoms with Crippen molar-refractivity contribution in [3.8, 4) is 12.5 Å². The van der Waals surface area contributed by atoms with Crippen LogP contribution in [-0.4, -0.2) is 40.5 Å². The summed E-state index contributed by atoms with van der Waals surface area (Å²) in [4.78, 5) is 41.3. The first-order chi connectivity index (χ1) is 17.5. The molecule has 2 aromatic rings. The van der Waals surface area contributed by atoms with Gasteiger partial charge in [0.25, 0.3) is 5.91 Å². The Morgan fingerprint density at radius 1 is 1.03 bits per heavy atom. The van der Waals surface area contributed by atoms with E-state index in [2.05, 4.69) is 16.7 Å². The lowest BCUT2D eigenvalue weighted by atomic mass is 9.97. The summed E-state index contributed by atoms with van der Waals surface area (Å²) in [7, 11) is 0. The van der Waals surface area contributed by atoms with Crippen LogP contribution in [-0.2, 0) is 20.7 Å². The van der Waals surface area contributed by atoms with Gasteiger partial charge in [-0.1, -0.05) is 74.4 Å². The van der Waals surface area contributed by atoms with E-state index in [0.29, 0.717) is 5.56 Å². The fourth-order valence-electron chi connectivity index (χ4n) is 4.05. The molecule has 0 saturated heterocycles. The van der Waals surface area contributed by atoms with Gasteiger partial charge >= 0.3 is 6.09 Å². The molecule has 7 nitrogen and oxygen atoms in total. The van der Waals surface area contributed by atoms with Crippen molar-refractivity contribution in [2.75, 3.05) is 0 Å². The van der Waals surface area contributed by atoms with Crippen LogP contribution < -0.4 is 10.6 Å². The number of hydrogen-bond acceptors (Lipinski definition) is 4. The van der Waals surface area contributed by atoms with Gasteiger partial charge in [0.2, 0.25) is 5.91 Å². The highest BCUT2D eigenvalue weighted by Crippen LogP contribution is 2.26. The van der Waals surface area contributed by atoms with Gasteiger partial charge in [-0.2, -0.15) is 0 Å². The van der Waals surface area contributed by atoms with E-state index in [4.69, 9.17) is 11.2 Å². The van der Waals surface area contributed by atoms with E-state index in [-0.39, 0.29) is 18.4 Å². The Labute approximate surface area is 221 Å². The maximum absolute atomic E-state index is 14.0. The third-order valence-corrected chi connectivity index (χ3v) is 5.75. The predicted octanol–water partition coefficient (Wildman–Crippen LogP) is 4.90. The number of carbonyl (C=O) groups is 3. The van der Waals surface area contributed by atoms with Gasteiger partial charge in [0.1, 0.15) is 17.7 Å². The van der Waals surface area contributed by atoms with Gasteiger partial charge in [0, 0.05) is 18.5 Å². The number of amides is 3. The molecule has 0 fully saturated rings. The van der Waals surface area contributed by atoms with Crippen molar-refractivity contribution in [1.82, 2.24) is 15.5 Å². The lowest BCUT2D eigenvalue weighted by Crippen LogP contribution is -2.53. The summed E-state index contributed by atoms with van der Waals surface area (Å²) >= 11 is 0. The van der Waals surface area contributed by atoms with Crippen LogP contribution in [0, 0.1) is 19.4 Å². The van der Waals surface area contributed by atoms with Crippen molar-refractivity contribution in [1.29, 1.82) is 0 Å². The first kappa shape index (κ1) is 29.4. The number of nitrogens with one attached hydrogen (secondary N) is 2. The largest absolute Gasteiger partial charge is 0.444 e. The number of rotatable bonds is 10. The minimum atomic E-state index is -1.07. The molecule has 0 aliphatic rings. The second-order valence-electron chi connectivity index (χ2n) is 10.2. The number of aryl methyl sites for hydroxylation is 1. The van der Waals surface area contributed by atoms with Crippen molar-refractivity contribution in [2.24, 2.45) is 0 Å². The number of nitrogens with zero attached hydrogens (tertiary/aromatic N) is 1. The number of benzene rings is 2. The molecule has 0 heterocycles. The van der Waals surface area contributed by atoms with Crippen LogP contribution in [0.1, 0.15) is 70.2 Å². The molecule has 198 valence electrons. The number of terminal acetylenes is 1. The summed E-state index contributed by atoms with van der Waals surface area (Å²) < 4.78 is 5.41. The highest BCUT2D eigenvalue weighted by molar-refractivity contribution is 5.93. The third-order valence-electron chi connectivity index (χ3n) is 5.75. The molecule has 2 rings (SSSR count). The summed E-state index contributed by atoms with van der Waals surface area (Å²) in [6.45, 7) is 11.0. The third kappa shape index (κ3) is 8.98. The fourth-order valence-corrected chi connectivity index (χ4v) is 4.05. The molecule has 0 aliphatic heterocycles. The Kier molecular flexibility index (Phi) is 10.7. The van der Waals surface area contributed by atoms with Crippen LogP contribution in [0.25, 0.3) is 0 Å². The van der Waals surface area contributed by atoms with Crippen molar-refractivity contribution in [2.45, 2.75) is 84.5 Å². The molecule has 37 heavy (non-hydrogen) atoms. The molecule has 0 saturated carbocycles. The molecule has 0 bridgehead atoms. The molecule has 3 amide bonds. The van der Waals surface area contributed by atoms with E-state index < -0.39 is 29.7 Å². The van der Waals surface area contributed by atoms with Crippen molar-refractivity contribution in [3.05, 3.63) is 71.3 Å². The molecule has 2 aromatic carbocycles. The van der Waals surface area contributed by atoms with Crippen molar-refractivity contribution in [3.63, 3.8) is 0 Å². The molecule has 7 heteroatoms. The van der Waals surface area contributed by atoms with E-state index in [0.717, 1.165) is 28.9 Å². The Hall–Kier alpha value is -3.79. The molecule has 2 N–H and O–H groups in total. The van der Waals surface area contributed by atoms with Crippen molar-refractivity contribution >= 4 is 17.9 Å². The first-order valence-electron chi connectivity index (χ1n) is 12.7. The lowest BCUT2D eigenvalue weighted by Gasteiger charge is -2.31. The second-order valence-corrected chi connectivity index (χ2v) is 10.2. The standard InChI is InChI=1S/C30H39N3O4/c1-8-15-22(4)31-27(34)26(24-19-14-13-16-21(24)3)33(9-2)28(35)25(20-23-17-11-10-12-18-23)32-29(36)37-30(5,6)7/h2,10-14,16-19,22,25-26H,8,15,20H2,1,3-7H3,(H,31,34)(H,32,36). The predicted molar refractivity (Wildman–Crippen MR) is 145 cm³/mol. The van der Waals surface area contributed by atoms with Crippen LogP contribution in [0.3, 0.4) is 0 Å². The normalized spacial score (nSPS) is 13.4. The maximum Gasteiger partial charge on any atom is 0.408 e. The summed E-state index contributed by atoms with van der Waals surface area (Å²) in [5.41, 5.74) is 1.50. The molecule has 0 radical (unpaired) electrons. The molecule has 3 atom stereocenters. The first-order valence-corrected chi connectivity index (χ1v) is 12.7. The highest BCUT2D eigenvalue weighted by atomic mass is 16.6. The van der Waals surface area contributed by atoms with Gasteiger partial charge in [0.15, 0.2) is 0 Å². The zero-order valence-corrected chi connectivity index (χ0v) is 22.7. The summed E-state index contributed by atoms with van der Waals surface area (Å²) in [6, 6.07) is 16.8. The monoisotopic (exact) mass is 505 g/mol. The Bertz CT molecular complexity index is 1100. The van der Waals surface area contributed by atoms with Crippen molar-refractivity contribution < 1.29 is 19.1 Å². The Balaban J connectivity index is 2.48. The minimum absolute atomic E-state index is 0.0984. The van der Waals surface area contributed by atoms with Gasteiger partial charge in [-0.3, -0.25) is 14.5 Å². The zero-order valence-electron chi connectivity index (χ0n) is 22.7. The Morgan fingerprint density at radius 3 is 2.22 bits per heavy atom. The number of carbonyl (C=O) groups excluding carboxylic acids is 3. The number of alkyl carbamates (subject to hydrolysis) is 1. The minimum Gasteiger partial charge on any atom is -0.444 e. The van der Waals surface area contributed by atoms with Crippen LogP contribution in [0.2, 0.25) is 0 Å². The Morgan fingerprint density at radius 2 is 1.65 bits per heavy atom. The van der Waals surface area contributed by atoms with Crippen LogP contribution in [0.5, 0.6) is 0 Å². The lowest BCUT2D eigenvalue weighted by molar-refractivity contribution is -0.138. The smallest absolute Gasteiger partial charge is 0.408 e. The highest BCUT2D eigenvalue weighted by Gasteiger charge is 2.37. The van der Waals surface area contributed by atoms with Gasteiger partial charge in [-0.25, -0.2) is 4.79 Å². The fraction of sp³-hybridized carbons (Fsp3) is 0.433. The molecular formula is C30H39N3O4. The molecule has 0 aliphatic carbocycles. The quantitative estimate of drug-likeness (QED) is 0.355. The van der Waals surface area contributed by atoms with Gasteiger partial charge < -0.3 is 15.4 Å². The van der Waals surface area contributed by atoms with E-state index >= 15 is 0 Å². The summed E-state index contributed by atoms with van der Waals surface area (Å²) in [5.74, 6) is -0.957. The second kappa shape index (κ2) is 13.5. The van der Waals surface area contributed by atoms with E-state index in [1.807, 2.05) is 63.2 Å². The number of hydrogen-bond donors (Lipinski definition) is 2. The average Bonchev–Trinajstić information content (AvgIpc) is 2.82. The summed E-state index contributed by atoms with van der Waals surface area (Å²) in [6.07, 6.45) is 6.99. The van der Waals surface area contributed by atoms with Crippen LogP contribution in [0.15, 0.2) is 54.6 Å². The van der Waals surface area contributed by atoms with E-state index in [9.17, 15) is 14.4 Å². The zero-order chi connectivity index (χ0) is 27.6. The van der Waals surface area contributed by atoms with Gasteiger partial charge in [-0.15, -0.1) is 0 Å². The molecule has 3 unspecified atom stereocenters. The SMILES string of the molecule is C#CN(C(=O)C(Cc1ccccc1)NC(=O)OC(C)(C)C)C(C(=O)NC(C)CCC)c1ccccc1C. The maximum atomic E-state index is 14.0. The van der Waals surface area contributed by atoms with Crippen LogP contribution in [0.4, 0.5) is 4.79 Å². The molecular weight excluding hydrogens is 466 g/mol. The van der Waals surface area contributed by atoms with E-state index in [1.54, 1.807) is 32.9 Å². The van der Waals surface area contributed by atoms with Gasteiger partial charge in [0.05, 0.1) is 0 Å². The van der Waals surface area contributed by atoms with Crippen LogP contribution >= 0.6 is 0 Å². The summed E-state index contributed by atoms with van der Waals surface area (Å²) in [5, 5.41) is 5.67. The molecule has 0 aromatic heterocycles. The topological polar surface area (TPSA) is 87.7 Å². The van der Waals surface area contributed by atoms with E-state index in [1.165, 1.54) is 0 Å². The molecule has 0 spiro atoms. The average molecular weight is 506 g/mol.